The van der Waals surface area contributed by atoms with Crippen molar-refractivity contribution in [3.05, 3.63) is 53.3 Å². The van der Waals surface area contributed by atoms with Gasteiger partial charge in [0.15, 0.2) is 0 Å². The number of carboxylic acids is 1. The van der Waals surface area contributed by atoms with Gasteiger partial charge in [-0.15, -0.1) is 0 Å². The second-order valence-electron chi connectivity index (χ2n) is 5.49. The molecule has 2 aromatic rings. The Morgan fingerprint density at radius 3 is 2.68 bits per heavy atom. The number of carbonyl (C=O) groups is 2. The molecule has 0 bridgehead atoms. The largest absolute Gasteiger partial charge is 0.481 e. The smallest absolute Gasteiger partial charge is 0.312 e. The number of hydrogen-bond donors (Lipinski definition) is 3. The summed E-state index contributed by atoms with van der Waals surface area (Å²) in [6.45, 7) is 0.0315. The number of rotatable bonds is 6. The predicted molar refractivity (Wildman–Crippen MR) is 79.7 cm³/mol. The molecular formula is C16H17N3O3. The SMILES string of the molecule is O=C(NCC(C(=O)O)c1ccccc1)c1cc(C2CC2)[nH]n1. The number of aliphatic carboxylic acids is 1. The lowest BCUT2D eigenvalue weighted by atomic mass is 9.99. The molecule has 1 fully saturated rings. The van der Waals surface area contributed by atoms with Crippen LogP contribution in [0.25, 0.3) is 0 Å². The van der Waals surface area contributed by atoms with Crippen molar-refractivity contribution < 1.29 is 14.7 Å². The maximum Gasteiger partial charge on any atom is 0.312 e. The first-order chi connectivity index (χ1) is 10.6. The maximum atomic E-state index is 12.1. The minimum absolute atomic E-state index is 0.0315. The molecule has 6 heteroatoms. The number of aromatic amines is 1. The normalized spacial score (nSPS) is 15.3. The van der Waals surface area contributed by atoms with Gasteiger partial charge >= 0.3 is 5.97 Å². The standard InChI is InChI=1S/C16H17N3O3/c20-15(14-8-13(18-19-14)11-6-7-11)17-9-12(16(21)22)10-4-2-1-3-5-10/h1-5,8,11-12H,6-7,9H2,(H,17,20)(H,18,19)(H,21,22). The number of carbonyl (C=O) groups excluding carboxylic acids is 1. The zero-order valence-corrected chi connectivity index (χ0v) is 12.0. The number of H-pyrrole nitrogens is 1. The van der Waals surface area contributed by atoms with Gasteiger partial charge in [-0.3, -0.25) is 14.7 Å². The Balaban J connectivity index is 1.63. The van der Waals surface area contributed by atoms with E-state index in [1.807, 2.05) is 6.07 Å². The minimum Gasteiger partial charge on any atom is -0.481 e. The van der Waals surface area contributed by atoms with Crippen LogP contribution in [0.2, 0.25) is 0 Å². The summed E-state index contributed by atoms with van der Waals surface area (Å²) in [5.41, 5.74) is 1.94. The summed E-state index contributed by atoms with van der Waals surface area (Å²) in [4.78, 5) is 23.5. The highest BCUT2D eigenvalue weighted by atomic mass is 16.4. The summed E-state index contributed by atoms with van der Waals surface area (Å²) < 4.78 is 0. The Bertz CT molecular complexity index is 677. The number of aromatic nitrogens is 2. The zero-order chi connectivity index (χ0) is 15.5. The van der Waals surface area contributed by atoms with Crippen LogP contribution < -0.4 is 5.32 Å². The van der Waals surface area contributed by atoms with Crippen molar-refractivity contribution in [3.63, 3.8) is 0 Å². The van der Waals surface area contributed by atoms with Crippen molar-refractivity contribution in [2.24, 2.45) is 0 Å². The van der Waals surface area contributed by atoms with Crippen molar-refractivity contribution >= 4 is 11.9 Å². The summed E-state index contributed by atoms with van der Waals surface area (Å²) in [5, 5.41) is 18.8. The molecule has 1 unspecified atom stereocenters. The van der Waals surface area contributed by atoms with Crippen LogP contribution in [0.4, 0.5) is 0 Å². The fraction of sp³-hybridized carbons (Fsp3) is 0.312. The molecule has 3 rings (SSSR count). The van der Waals surface area contributed by atoms with Crippen LogP contribution in [-0.4, -0.2) is 33.7 Å². The molecule has 1 aromatic carbocycles. The molecule has 0 radical (unpaired) electrons. The van der Waals surface area contributed by atoms with Gasteiger partial charge in [-0.1, -0.05) is 30.3 Å². The molecule has 0 spiro atoms. The van der Waals surface area contributed by atoms with Gasteiger partial charge in [0.2, 0.25) is 0 Å². The van der Waals surface area contributed by atoms with Gasteiger partial charge in [0.25, 0.3) is 5.91 Å². The van der Waals surface area contributed by atoms with E-state index >= 15 is 0 Å². The van der Waals surface area contributed by atoms with Gasteiger partial charge < -0.3 is 10.4 Å². The maximum absolute atomic E-state index is 12.1. The summed E-state index contributed by atoms with van der Waals surface area (Å²) in [5.74, 6) is -1.60. The van der Waals surface area contributed by atoms with E-state index in [1.165, 1.54) is 0 Å². The van der Waals surface area contributed by atoms with E-state index in [1.54, 1.807) is 30.3 Å². The van der Waals surface area contributed by atoms with Gasteiger partial charge in [-0.05, 0) is 24.5 Å². The molecular weight excluding hydrogens is 282 g/mol. The highest BCUT2D eigenvalue weighted by molar-refractivity contribution is 5.92. The second kappa shape index (κ2) is 6.01. The van der Waals surface area contributed by atoms with Crippen LogP contribution in [0.3, 0.4) is 0 Å². The first-order valence-electron chi connectivity index (χ1n) is 7.26. The van der Waals surface area contributed by atoms with Crippen LogP contribution in [-0.2, 0) is 4.79 Å². The van der Waals surface area contributed by atoms with Gasteiger partial charge in [0, 0.05) is 18.2 Å². The van der Waals surface area contributed by atoms with E-state index in [9.17, 15) is 14.7 Å². The van der Waals surface area contributed by atoms with E-state index in [0.29, 0.717) is 17.2 Å². The molecule has 1 heterocycles. The molecule has 0 aliphatic heterocycles. The van der Waals surface area contributed by atoms with E-state index in [0.717, 1.165) is 18.5 Å². The van der Waals surface area contributed by atoms with E-state index in [2.05, 4.69) is 15.5 Å². The summed E-state index contributed by atoms with van der Waals surface area (Å²) in [7, 11) is 0. The fourth-order valence-electron chi connectivity index (χ4n) is 2.37. The average Bonchev–Trinajstić information content (AvgIpc) is 3.25. The Labute approximate surface area is 127 Å². The van der Waals surface area contributed by atoms with Gasteiger partial charge in [0.1, 0.15) is 5.69 Å². The van der Waals surface area contributed by atoms with Crippen molar-refractivity contribution in [1.82, 2.24) is 15.5 Å². The third-order valence-electron chi connectivity index (χ3n) is 3.81. The molecule has 1 atom stereocenters. The molecule has 1 aliphatic carbocycles. The van der Waals surface area contributed by atoms with Crippen LogP contribution in [0.5, 0.6) is 0 Å². The van der Waals surface area contributed by atoms with E-state index in [4.69, 9.17) is 0 Å². The summed E-state index contributed by atoms with van der Waals surface area (Å²) in [6.07, 6.45) is 2.25. The quantitative estimate of drug-likeness (QED) is 0.759. The molecule has 22 heavy (non-hydrogen) atoms. The van der Waals surface area contributed by atoms with Crippen LogP contribution in [0, 0.1) is 0 Å². The molecule has 1 amide bonds. The van der Waals surface area contributed by atoms with Crippen molar-refractivity contribution in [2.45, 2.75) is 24.7 Å². The fourth-order valence-corrected chi connectivity index (χ4v) is 2.37. The molecule has 0 saturated heterocycles. The Hall–Kier alpha value is -2.63. The molecule has 1 aromatic heterocycles. The number of benzene rings is 1. The Kier molecular flexibility index (Phi) is 3.91. The first-order valence-corrected chi connectivity index (χ1v) is 7.26. The van der Waals surface area contributed by atoms with E-state index < -0.39 is 11.9 Å². The Morgan fingerprint density at radius 2 is 2.05 bits per heavy atom. The minimum atomic E-state index is -0.966. The van der Waals surface area contributed by atoms with Crippen molar-refractivity contribution in [1.29, 1.82) is 0 Å². The molecule has 1 saturated carbocycles. The number of nitrogens with one attached hydrogen (secondary N) is 2. The van der Waals surface area contributed by atoms with Crippen LogP contribution in [0.15, 0.2) is 36.4 Å². The lowest BCUT2D eigenvalue weighted by molar-refractivity contribution is -0.138. The first kappa shape index (κ1) is 14.3. The molecule has 3 N–H and O–H groups in total. The zero-order valence-electron chi connectivity index (χ0n) is 12.0. The van der Waals surface area contributed by atoms with E-state index in [-0.39, 0.29) is 12.5 Å². The molecule has 6 nitrogen and oxygen atoms in total. The third-order valence-corrected chi connectivity index (χ3v) is 3.81. The third kappa shape index (κ3) is 3.16. The van der Waals surface area contributed by atoms with Crippen molar-refractivity contribution in [2.75, 3.05) is 6.54 Å². The van der Waals surface area contributed by atoms with Gasteiger partial charge in [-0.2, -0.15) is 5.10 Å². The predicted octanol–water partition coefficient (Wildman–Crippen LogP) is 1.89. The number of nitrogens with zero attached hydrogens (tertiary/aromatic N) is 1. The number of hydrogen-bond acceptors (Lipinski definition) is 3. The lowest BCUT2D eigenvalue weighted by Gasteiger charge is -2.13. The number of carboxylic acid groups (broad SMARTS) is 1. The van der Waals surface area contributed by atoms with Gasteiger partial charge in [-0.25, -0.2) is 0 Å². The Morgan fingerprint density at radius 1 is 1.32 bits per heavy atom. The van der Waals surface area contributed by atoms with Gasteiger partial charge in [0.05, 0.1) is 5.92 Å². The highest BCUT2D eigenvalue weighted by Gasteiger charge is 2.27. The lowest BCUT2D eigenvalue weighted by Crippen LogP contribution is -2.31. The van der Waals surface area contributed by atoms with Crippen LogP contribution in [0.1, 0.15) is 46.4 Å². The molecule has 1 aliphatic rings. The topological polar surface area (TPSA) is 95.1 Å². The summed E-state index contributed by atoms with van der Waals surface area (Å²) >= 11 is 0. The monoisotopic (exact) mass is 299 g/mol. The highest BCUT2D eigenvalue weighted by Crippen LogP contribution is 2.38. The number of amides is 1. The van der Waals surface area contributed by atoms with Crippen LogP contribution >= 0.6 is 0 Å². The van der Waals surface area contributed by atoms with Crippen molar-refractivity contribution in [3.8, 4) is 0 Å². The summed E-state index contributed by atoms with van der Waals surface area (Å²) in [6, 6.07) is 10.6. The molecule has 114 valence electrons. The average molecular weight is 299 g/mol. The second-order valence-corrected chi connectivity index (χ2v) is 5.49.